The Labute approximate surface area is 150 Å². The van der Waals surface area contributed by atoms with E-state index in [1.165, 1.54) is 6.92 Å². The number of rotatable bonds is 6. The molecule has 1 N–H and O–H groups in total. The van der Waals surface area contributed by atoms with Crippen molar-refractivity contribution in [2.24, 2.45) is 0 Å². The SMILES string of the molecule is C[C@@H](OC(=O)CSc1cc(F)ccc1F)C(=O)Nc1cc(F)ccc1F. The highest BCUT2D eigenvalue weighted by atomic mass is 32.2. The zero-order chi connectivity index (χ0) is 19.3. The summed E-state index contributed by atoms with van der Waals surface area (Å²) in [7, 11) is 0. The molecular formula is C17H13F4NO3S. The molecule has 2 aromatic rings. The highest BCUT2D eigenvalue weighted by Crippen LogP contribution is 2.23. The zero-order valence-corrected chi connectivity index (χ0v) is 14.2. The van der Waals surface area contributed by atoms with Crippen molar-refractivity contribution in [3.05, 3.63) is 59.7 Å². The molecule has 0 bridgehead atoms. The highest BCUT2D eigenvalue weighted by molar-refractivity contribution is 8.00. The van der Waals surface area contributed by atoms with Crippen molar-refractivity contribution in [3.63, 3.8) is 0 Å². The van der Waals surface area contributed by atoms with Gasteiger partial charge in [0.05, 0.1) is 11.4 Å². The van der Waals surface area contributed by atoms with Crippen molar-refractivity contribution in [3.8, 4) is 0 Å². The second-order valence-electron chi connectivity index (χ2n) is 5.11. The fraction of sp³-hybridized carbons (Fsp3) is 0.176. The molecule has 0 saturated carbocycles. The van der Waals surface area contributed by atoms with Gasteiger partial charge < -0.3 is 10.1 Å². The Morgan fingerprint density at radius 1 is 1.04 bits per heavy atom. The number of anilines is 1. The lowest BCUT2D eigenvalue weighted by molar-refractivity contribution is -0.150. The van der Waals surface area contributed by atoms with Gasteiger partial charge in [-0.25, -0.2) is 17.6 Å². The standard InChI is InChI=1S/C17H13F4NO3S/c1-9(17(24)22-14-6-10(18)2-4-12(14)20)25-16(23)8-26-15-7-11(19)3-5-13(15)21/h2-7,9H,8H2,1H3,(H,22,24)/t9-/m1/s1. The lowest BCUT2D eigenvalue weighted by Gasteiger charge is -2.14. The summed E-state index contributed by atoms with van der Waals surface area (Å²) in [5, 5.41) is 2.10. The average Bonchev–Trinajstić information content (AvgIpc) is 2.58. The van der Waals surface area contributed by atoms with Crippen LogP contribution in [-0.2, 0) is 14.3 Å². The van der Waals surface area contributed by atoms with Gasteiger partial charge in [-0.2, -0.15) is 0 Å². The van der Waals surface area contributed by atoms with Gasteiger partial charge in [0.2, 0.25) is 0 Å². The molecule has 4 nitrogen and oxygen atoms in total. The van der Waals surface area contributed by atoms with Gasteiger partial charge in [0.1, 0.15) is 23.3 Å². The van der Waals surface area contributed by atoms with Crippen LogP contribution < -0.4 is 5.32 Å². The van der Waals surface area contributed by atoms with E-state index in [0.717, 1.165) is 36.4 Å². The number of halogens is 4. The van der Waals surface area contributed by atoms with Crippen LogP contribution in [0.3, 0.4) is 0 Å². The Balaban J connectivity index is 1.88. The monoisotopic (exact) mass is 387 g/mol. The third-order valence-corrected chi connectivity index (χ3v) is 4.11. The highest BCUT2D eigenvalue weighted by Gasteiger charge is 2.20. The smallest absolute Gasteiger partial charge is 0.317 e. The second kappa shape index (κ2) is 8.70. The van der Waals surface area contributed by atoms with Crippen molar-refractivity contribution in [1.82, 2.24) is 0 Å². The molecule has 9 heteroatoms. The van der Waals surface area contributed by atoms with E-state index in [0.29, 0.717) is 11.8 Å². The van der Waals surface area contributed by atoms with Crippen LogP contribution in [-0.4, -0.2) is 23.7 Å². The maximum Gasteiger partial charge on any atom is 0.317 e. The Bertz CT molecular complexity index is 832. The summed E-state index contributed by atoms with van der Waals surface area (Å²) in [6, 6.07) is 5.30. The van der Waals surface area contributed by atoms with Gasteiger partial charge in [0.15, 0.2) is 6.10 Å². The molecule has 0 saturated heterocycles. The number of amides is 1. The lowest BCUT2D eigenvalue weighted by Crippen LogP contribution is -2.30. The topological polar surface area (TPSA) is 55.4 Å². The third-order valence-electron chi connectivity index (χ3n) is 3.10. The van der Waals surface area contributed by atoms with Crippen LogP contribution in [0.25, 0.3) is 0 Å². The second-order valence-corrected chi connectivity index (χ2v) is 6.13. The first kappa shape index (κ1) is 19.8. The van der Waals surface area contributed by atoms with Crippen LogP contribution in [0.4, 0.5) is 23.2 Å². The van der Waals surface area contributed by atoms with Crippen LogP contribution in [0.5, 0.6) is 0 Å². The quantitative estimate of drug-likeness (QED) is 0.464. The Morgan fingerprint density at radius 2 is 1.65 bits per heavy atom. The number of esters is 1. The maximum atomic E-state index is 13.5. The van der Waals surface area contributed by atoms with Crippen LogP contribution >= 0.6 is 11.8 Å². The summed E-state index contributed by atoms with van der Waals surface area (Å²) in [6.45, 7) is 1.23. The molecule has 0 heterocycles. The van der Waals surface area contributed by atoms with Gasteiger partial charge in [0, 0.05) is 11.0 Å². The molecule has 0 fully saturated rings. The first-order valence-electron chi connectivity index (χ1n) is 7.29. The van der Waals surface area contributed by atoms with E-state index in [1.54, 1.807) is 0 Å². The summed E-state index contributed by atoms with van der Waals surface area (Å²) < 4.78 is 57.9. The van der Waals surface area contributed by atoms with Crippen LogP contribution in [0.15, 0.2) is 41.3 Å². The summed E-state index contributed by atoms with van der Waals surface area (Å²) in [4.78, 5) is 23.5. The van der Waals surface area contributed by atoms with Gasteiger partial charge in [-0.3, -0.25) is 9.59 Å². The zero-order valence-electron chi connectivity index (χ0n) is 13.4. The van der Waals surface area contributed by atoms with E-state index in [4.69, 9.17) is 4.74 Å². The van der Waals surface area contributed by atoms with Crippen LogP contribution in [0.1, 0.15) is 6.92 Å². The molecule has 2 aromatic carbocycles. The molecule has 0 spiro atoms. The van der Waals surface area contributed by atoms with Gasteiger partial charge in [-0.15, -0.1) is 11.8 Å². The van der Waals surface area contributed by atoms with Gasteiger partial charge in [-0.05, 0) is 37.3 Å². The first-order valence-corrected chi connectivity index (χ1v) is 8.28. The molecule has 2 rings (SSSR count). The van der Waals surface area contributed by atoms with Crippen molar-refractivity contribution < 1.29 is 31.9 Å². The van der Waals surface area contributed by atoms with E-state index in [-0.39, 0.29) is 10.6 Å². The minimum Gasteiger partial charge on any atom is -0.452 e. The number of hydrogen-bond donors (Lipinski definition) is 1. The summed E-state index contributed by atoms with van der Waals surface area (Å²) >= 11 is 0.701. The number of hydrogen-bond acceptors (Lipinski definition) is 4. The molecule has 1 amide bonds. The normalized spacial score (nSPS) is 11.7. The van der Waals surface area contributed by atoms with E-state index in [9.17, 15) is 27.2 Å². The van der Waals surface area contributed by atoms with Gasteiger partial charge >= 0.3 is 5.97 Å². The van der Waals surface area contributed by atoms with Gasteiger partial charge in [-0.1, -0.05) is 0 Å². The Kier molecular flexibility index (Phi) is 6.62. The van der Waals surface area contributed by atoms with E-state index in [1.807, 2.05) is 0 Å². The fourth-order valence-electron chi connectivity index (χ4n) is 1.84. The number of carbonyl (C=O) groups is 2. The van der Waals surface area contributed by atoms with E-state index >= 15 is 0 Å². The number of ether oxygens (including phenoxy) is 1. The van der Waals surface area contributed by atoms with Crippen molar-refractivity contribution in [1.29, 1.82) is 0 Å². The van der Waals surface area contributed by atoms with Crippen molar-refractivity contribution >= 4 is 29.3 Å². The number of benzene rings is 2. The van der Waals surface area contributed by atoms with E-state index < -0.39 is 46.9 Å². The fourth-order valence-corrected chi connectivity index (χ4v) is 2.58. The molecule has 0 radical (unpaired) electrons. The van der Waals surface area contributed by atoms with Crippen LogP contribution in [0, 0.1) is 23.3 Å². The van der Waals surface area contributed by atoms with Crippen molar-refractivity contribution in [2.75, 3.05) is 11.1 Å². The molecule has 138 valence electrons. The summed E-state index contributed by atoms with van der Waals surface area (Å²) in [5.74, 6) is -5.06. The van der Waals surface area contributed by atoms with Crippen molar-refractivity contribution in [2.45, 2.75) is 17.9 Å². The number of thioether (sulfide) groups is 1. The predicted octanol–water partition coefficient (Wildman–Crippen LogP) is 3.91. The summed E-state index contributed by atoms with van der Waals surface area (Å²) in [5.41, 5.74) is -0.394. The predicted molar refractivity (Wildman–Crippen MR) is 87.6 cm³/mol. The third kappa shape index (κ3) is 5.48. The number of nitrogens with one attached hydrogen (secondary N) is 1. The van der Waals surface area contributed by atoms with Crippen LogP contribution in [0.2, 0.25) is 0 Å². The molecule has 0 aliphatic rings. The molecule has 0 aliphatic heterocycles. The molecule has 0 unspecified atom stereocenters. The molecule has 0 aromatic heterocycles. The molecule has 1 atom stereocenters. The minimum atomic E-state index is -1.30. The largest absolute Gasteiger partial charge is 0.452 e. The lowest BCUT2D eigenvalue weighted by atomic mass is 10.2. The minimum absolute atomic E-state index is 0.0825. The van der Waals surface area contributed by atoms with Gasteiger partial charge in [0.25, 0.3) is 5.91 Å². The maximum absolute atomic E-state index is 13.5. The Morgan fingerprint density at radius 3 is 2.35 bits per heavy atom. The summed E-state index contributed by atoms with van der Waals surface area (Å²) in [6.07, 6.45) is -1.30. The Hall–Kier alpha value is -2.55. The average molecular weight is 387 g/mol. The molecular weight excluding hydrogens is 374 g/mol. The first-order chi connectivity index (χ1) is 12.3. The molecule has 0 aliphatic carbocycles. The molecule has 26 heavy (non-hydrogen) atoms. The van der Waals surface area contributed by atoms with E-state index in [2.05, 4.69) is 5.32 Å². The number of carbonyl (C=O) groups excluding carboxylic acids is 2.